The summed E-state index contributed by atoms with van der Waals surface area (Å²) < 4.78 is 5.94. The van der Waals surface area contributed by atoms with E-state index in [1.165, 1.54) is 199 Å². The van der Waals surface area contributed by atoms with Crippen molar-refractivity contribution in [2.45, 2.75) is 322 Å². The molecule has 0 aromatic heterocycles. The van der Waals surface area contributed by atoms with Crippen LogP contribution in [-0.4, -0.2) is 46.9 Å². The number of unbranched alkanes of at least 4 members (excludes halogenated alkanes) is 35. The van der Waals surface area contributed by atoms with Crippen LogP contribution in [0.4, 0.5) is 0 Å². The van der Waals surface area contributed by atoms with Gasteiger partial charge in [0.1, 0.15) is 6.10 Å². The Morgan fingerprint density at radius 2 is 0.762 bits per heavy atom. The summed E-state index contributed by atoms with van der Waals surface area (Å²) in [6, 6.07) is -0.702. The Bertz CT molecular complexity index is 997. The van der Waals surface area contributed by atoms with Gasteiger partial charge in [0.2, 0.25) is 5.91 Å². The number of ether oxygens (including phenoxy) is 1. The topological polar surface area (TPSA) is 95.9 Å². The van der Waals surface area contributed by atoms with Crippen LogP contribution in [0.5, 0.6) is 0 Å². The molecule has 0 spiro atoms. The second-order valence-corrected chi connectivity index (χ2v) is 19.3. The molecule has 0 bridgehead atoms. The highest BCUT2D eigenvalue weighted by Crippen LogP contribution is 2.18. The summed E-state index contributed by atoms with van der Waals surface area (Å²) in [6.45, 7) is 6.50. The molecule has 0 radical (unpaired) electrons. The van der Waals surface area contributed by atoms with Crippen LogP contribution in [0.2, 0.25) is 0 Å². The van der Waals surface area contributed by atoms with Gasteiger partial charge < -0.3 is 20.3 Å². The molecule has 6 nitrogen and oxygen atoms in total. The second kappa shape index (κ2) is 51.3. The third-order valence-corrected chi connectivity index (χ3v) is 13.0. The Balaban J connectivity index is 4.56. The molecular weight excluding hydrogens is 779 g/mol. The first-order valence-corrected chi connectivity index (χ1v) is 28.1. The molecule has 3 N–H and O–H groups in total. The number of hydrogen-bond acceptors (Lipinski definition) is 5. The van der Waals surface area contributed by atoms with Gasteiger partial charge in [-0.15, -0.1) is 0 Å². The number of aliphatic hydroxyl groups excluding tert-OH is 2. The fraction of sp³-hybridized carbons (Fsp3) is 0.895. The van der Waals surface area contributed by atoms with Gasteiger partial charge in [-0.25, -0.2) is 0 Å². The van der Waals surface area contributed by atoms with Gasteiger partial charge in [-0.1, -0.05) is 238 Å². The van der Waals surface area contributed by atoms with Crippen molar-refractivity contribution in [2.24, 2.45) is 0 Å². The molecule has 0 aliphatic heterocycles. The molecule has 0 aromatic carbocycles. The van der Waals surface area contributed by atoms with Crippen LogP contribution in [0.1, 0.15) is 303 Å². The van der Waals surface area contributed by atoms with E-state index in [1.807, 2.05) is 0 Å². The summed E-state index contributed by atoms with van der Waals surface area (Å²) in [5.41, 5.74) is 0. The zero-order valence-corrected chi connectivity index (χ0v) is 42.5. The number of rotatable bonds is 51. The van der Waals surface area contributed by atoms with Gasteiger partial charge in [0.25, 0.3) is 0 Å². The van der Waals surface area contributed by atoms with Crippen molar-refractivity contribution < 1.29 is 24.5 Å². The monoisotopic (exact) mass is 888 g/mol. The van der Waals surface area contributed by atoms with E-state index < -0.39 is 18.2 Å². The summed E-state index contributed by atoms with van der Waals surface area (Å²) in [5, 5.41) is 23.8. The molecule has 0 fully saturated rings. The third-order valence-electron chi connectivity index (χ3n) is 13.0. The minimum absolute atomic E-state index is 0.0730. The fourth-order valence-corrected chi connectivity index (χ4v) is 8.72. The summed E-state index contributed by atoms with van der Waals surface area (Å²) in [6.07, 6.45) is 59.5. The minimum atomic E-state index is -0.788. The van der Waals surface area contributed by atoms with Gasteiger partial charge in [-0.2, -0.15) is 0 Å². The van der Waals surface area contributed by atoms with Crippen molar-refractivity contribution in [3.63, 3.8) is 0 Å². The Labute approximate surface area is 392 Å². The van der Waals surface area contributed by atoms with E-state index in [-0.39, 0.29) is 24.9 Å². The summed E-state index contributed by atoms with van der Waals surface area (Å²) >= 11 is 0. The number of esters is 1. The molecule has 0 rings (SSSR count). The van der Waals surface area contributed by atoms with E-state index in [4.69, 9.17) is 4.74 Å². The van der Waals surface area contributed by atoms with Gasteiger partial charge >= 0.3 is 5.97 Å². The third kappa shape index (κ3) is 46.7. The molecule has 0 saturated heterocycles. The fourth-order valence-electron chi connectivity index (χ4n) is 8.72. The lowest BCUT2D eigenvalue weighted by Gasteiger charge is -2.24. The lowest BCUT2D eigenvalue weighted by Crippen LogP contribution is -2.46. The van der Waals surface area contributed by atoms with Crippen molar-refractivity contribution >= 4 is 11.9 Å². The van der Waals surface area contributed by atoms with E-state index in [2.05, 4.69) is 50.4 Å². The molecule has 372 valence electrons. The highest BCUT2D eigenvalue weighted by atomic mass is 16.5. The predicted octanol–water partition coefficient (Wildman–Crippen LogP) is 17.1. The predicted molar refractivity (Wildman–Crippen MR) is 273 cm³/mol. The average Bonchev–Trinajstić information content (AvgIpc) is 3.28. The maximum atomic E-state index is 13.2. The molecule has 6 heteroatoms. The molecule has 63 heavy (non-hydrogen) atoms. The van der Waals surface area contributed by atoms with E-state index in [0.29, 0.717) is 19.3 Å². The normalized spacial score (nSPS) is 13.3. The van der Waals surface area contributed by atoms with Gasteiger partial charge in [0.15, 0.2) is 0 Å². The second-order valence-electron chi connectivity index (χ2n) is 19.3. The zero-order chi connectivity index (χ0) is 45.9. The van der Waals surface area contributed by atoms with Crippen molar-refractivity contribution in [1.82, 2.24) is 5.32 Å². The molecule has 1 amide bonds. The first kappa shape index (κ1) is 61.3. The van der Waals surface area contributed by atoms with E-state index in [9.17, 15) is 19.8 Å². The first-order chi connectivity index (χ1) is 31.0. The van der Waals surface area contributed by atoms with Gasteiger partial charge in [-0.3, -0.25) is 9.59 Å². The lowest BCUT2D eigenvalue weighted by atomic mass is 10.0. The number of nitrogens with one attached hydrogen (secondary N) is 1. The van der Waals surface area contributed by atoms with Crippen LogP contribution in [0.25, 0.3) is 0 Å². The number of carbonyl (C=O) groups excluding carboxylic acids is 2. The number of allylic oxidation sites excluding steroid dienone is 4. The maximum Gasteiger partial charge on any atom is 0.306 e. The van der Waals surface area contributed by atoms with Crippen LogP contribution < -0.4 is 5.32 Å². The van der Waals surface area contributed by atoms with Crippen LogP contribution >= 0.6 is 0 Å². The first-order valence-electron chi connectivity index (χ1n) is 28.1. The smallest absolute Gasteiger partial charge is 0.306 e. The Morgan fingerprint density at radius 3 is 1.13 bits per heavy atom. The molecule has 0 aliphatic rings. The maximum absolute atomic E-state index is 13.2. The largest absolute Gasteiger partial charge is 0.462 e. The van der Waals surface area contributed by atoms with E-state index in [1.54, 1.807) is 0 Å². The number of aliphatic hydroxyl groups is 2. The molecule has 0 aliphatic carbocycles. The van der Waals surface area contributed by atoms with Gasteiger partial charge in [0.05, 0.1) is 25.2 Å². The number of carbonyl (C=O) groups is 2. The van der Waals surface area contributed by atoms with Gasteiger partial charge in [0, 0.05) is 6.42 Å². The molecule has 0 aromatic rings. The van der Waals surface area contributed by atoms with Crippen molar-refractivity contribution in [2.75, 3.05) is 6.61 Å². The Kier molecular flexibility index (Phi) is 50.0. The standard InChI is InChI=1S/C57H109NO5/c1-4-7-10-13-16-19-22-25-27-28-29-31-33-36-39-42-45-48-53(63-57(62)50-47-44-41-38-35-30-24-21-18-15-12-9-6-3)51-56(61)58-54(52-59)55(60)49-46-43-40-37-34-32-26-23-20-17-14-11-8-5-2/h25,27,30,35,53-55,59-60H,4-24,26,28-29,31-34,36-52H2,1-3H3,(H,58,61)/b27-25+,35-30-. The Hall–Kier alpha value is -1.66. The SMILES string of the molecule is CCCCCCCC/C=C\CCCCCC(=O)OC(CCCCCCCCC/C=C/CCCCCCCC)CC(=O)NC(CO)C(O)CCCCCCCCCCCCCCCC. The minimum Gasteiger partial charge on any atom is -0.462 e. The van der Waals surface area contributed by atoms with E-state index >= 15 is 0 Å². The highest BCUT2D eigenvalue weighted by Gasteiger charge is 2.24. The van der Waals surface area contributed by atoms with Crippen molar-refractivity contribution in [3.05, 3.63) is 24.3 Å². The zero-order valence-electron chi connectivity index (χ0n) is 42.5. The summed E-state index contributed by atoms with van der Waals surface area (Å²) in [5.74, 6) is -0.482. The lowest BCUT2D eigenvalue weighted by molar-refractivity contribution is -0.151. The average molecular weight is 889 g/mol. The van der Waals surface area contributed by atoms with Crippen molar-refractivity contribution in [3.8, 4) is 0 Å². The molecule has 0 saturated carbocycles. The number of hydrogen-bond donors (Lipinski definition) is 3. The van der Waals surface area contributed by atoms with Crippen LogP contribution in [0, 0.1) is 0 Å². The molecule has 3 unspecified atom stereocenters. The van der Waals surface area contributed by atoms with Crippen LogP contribution in [0.3, 0.4) is 0 Å². The Morgan fingerprint density at radius 1 is 0.444 bits per heavy atom. The van der Waals surface area contributed by atoms with Crippen molar-refractivity contribution in [1.29, 1.82) is 0 Å². The van der Waals surface area contributed by atoms with Gasteiger partial charge in [-0.05, 0) is 77.0 Å². The quantitative estimate of drug-likeness (QED) is 0.0321. The molecular formula is C57H109NO5. The van der Waals surface area contributed by atoms with Crippen LogP contribution in [0.15, 0.2) is 24.3 Å². The molecule has 0 heterocycles. The summed E-state index contributed by atoms with van der Waals surface area (Å²) in [7, 11) is 0. The summed E-state index contributed by atoms with van der Waals surface area (Å²) in [4.78, 5) is 26.2. The van der Waals surface area contributed by atoms with Crippen LogP contribution in [-0.2, 0) is 14.3 Å². The number of amides is 1. The molecule has 3 atom stereocenters. The highest BCUT2D eigenvalue weighted by molar-refractivity contribution is 5.77. The van der Waals surface area contributed by atoms with E-state index in [0.717, 1.165) is 57.8 Å².